The molecule has 164 valence electrons. The van der Waals surface area contributed by atoms with Crippen molar-refractivity contribution in [3.05, 3.63) is 52.8 Å². The Morgan fingerprint density at radius 2 is 1.94 bits per heavy atom. The molecule has 0 spiro atoms. The summed E-state index contributed by atoms with van der Waals surface area (Å²) < 4.78 is 8.72. The zero-order valence-corrected chi connectivity index (χ0v) is 18.1. The third-order valence-corrected chi connectivity index (χ3v) is 5.75. The van der Waals surface area contributed by atoms with Gasteiger partial charge in [0, 0.05) is 37.0 Å². The monoisotopic (exact) mass is 423 g/mol. The van der Waals surface area contributed by atoms with Gasteiger partial charge in [0.2, 0.25) is 11.6 Å². The average molecular weight is 424 g/mol. The second-order valence-electron chi connectivity index (χ2n) is 8.27. The van der Waals surface area contributed by atoms with Gasteiger partial charge < -0.3 is 10.1 Å². The minimum Gasteiger partial charge on any atom is -0.494 e. The number of nitrogens with one attached hydrogen (secondary N) is 1. The Morgan fingerprint density at radius 1 is 1.19 bits per heavy atom. The lowest BCUT2D eigenvalue weighted by atomic mass is 10.0. The zero-order chi connectivity index (χ0) is 21.8. The van der Waals surface area contributed by atoms with Crippen molar-refractivity contribution in [2.24, 2.45) is 5.92 Å². The standard InChI is InChI=1S/C23H29N5O3/c1-3-31-19-10-8-18(9-11-19)27-12-13-28-20(25-26-22(28)23(27)30)14-16(2)15-21(29)24-17-6-4-5-7-17/h8-13,16-17H,3-7,14-15H2,1-2H3,(H,24,29)/t16-/m1/s1. The molecule has 1 atom stereocenters. The normalized spacial score (nSPS) is 15.3. The molecule has 2 heterocycles. The summed E-state index contributed by atoms with van der Waals surface area (Å²) in [7, 11) is 0. The van der Waals surface area contributed by atoms with Crippen LogP contribution in [0.1, 0.15) is 51.8 Å². The van der Waals surface area contributed by atoms with Crippen LogP contribution in [0, 0.1) is 5.92 Å². The molecule has 1 aliphatic rings. The van der Waals surface area contributed by atoms with Crippen molar-refractivity contribution < 1.29 is 9.53 Å². The van der Waals surface area contributed by atoms with Gasteiger partial charge in [0.1, 0.15) is 11.6 Å². The van der Waals surface area contributed by atoms with Crippen LogP contribution in [0.5, 0.6) is 5.75 Å². The Bertz CT molecular complexity index is 1100. The first kappa shape index (κ1) is 21.1. The van der Waals surface area contributed by atoms with E-state index in [9.17, 15) is 9.59 Å². The van der Waals surface area contributed by atoms with Crippen LogP contribution in [0.15, 0.2) is 41.5 Å². The van der Waals surface area contributed by atoms with Gasteiger partial charge in [0.05, 0.1) is 6.61 Å². The van der Waals surface area contributed by atoms with E-state index in [2.05, 4.69) is 15.5 Å². The Labute approximate surface area is 181 Å². The van der Waals surface area contributed by atoms with E-state index in [1.807, 2.05) is 38.1 Å². The molecule has 2 aromatic heterocycles. The number of fused-ring (bicyclic) bond motifs is 1. The van der Waals surface area contributed by atoms with Crippen LogP contribution in [-0.2, 0) is 11.2 Å². The van der Waals surface area contributed by atoms with Gasteiger partial charge >= 0.3 is 5.56 Å². The van der Waals surface area contributed by atoms with Crippen molar-refractivity contribution in [3.63, 3.8) is 0 Å². The SMILES string of the molecule is CCOc1ccc(-n2ccn3c(C[C@@H](C)CC(=O)NC4CCCC4)nnc3c2=O)cc1. The highest BCUT2D eigenvalue weighted by atomic mass is 16.5. The summed E-state index contributed by atoms with van der Waals surface area (Å²) in [6.07, 6.45) is 9.08. The molecule has 1 aliphatic carbocycles. The number of amides is 1. The molecule has 1 N–H and O–H groups in total. The number of ether oxygens (including phenoxy) is 1. The van der Waals surface area contributed by atoms with Crippen LogP contribution in [0.2, 0.25) is 0 Å². The smallest absolute Gasteiger partial charge is 0.300 e. The molecule has 8 nitrogen and oxygen atoms in total. The highest BCUT2D eigenvalue weighted by molar-refractivity contribution is 5.76. The van der Waals surface area contributed by atoms with Gasteiger partial charge in [-0.2, -0.15) is 0 Å². The third-order valence-electron chi connectivity index (χ3n) is 5.75. The van der Waals surface area contributed by atoms with Gasteiger partial charge in [-0.15, -0.1) is 10.2 Å². The molecule has 1 aromatic carbocycles. The quantitative estimate of drug-likeness (QED) is 0.602. The summed E-state index contributed by atoms with van der Waals surface area (Å²) in [5.74, 6) is 1.64. The molecule has 8 heteroatoms. The molecule has 0 radical (unpaired) electrons. The van der Waals surface area contributed by atoms with Crippen LogP contribution in [0.25, 0.3) is 11.3 Å². The maximum absolute atomic E-state index is 13.0. The first-order valence-corrected chi connectivity index (χ1v) is 11.0. The predicted molar refractivity (Wildman–Crippen MR) is 118 cm³/mol. The largest absolute Gasteiger partial charge is 0.494 e. The fourth-order valence-electron chi connectivity index (χ4n) is 4.20. The van der Waals surface area contributed by atoms with Crippen molar-refractivity contribution in [1.29, 1.82) is 0 Å². The molecule has 0 saturated heterocycles. The molecule has 1 saturated carbocycles. The Morgan fingerprint density at radius 3 is 2.65 bits per heavy atom. The molecule has 31 heavy (non-hydrogen) atoms. The Hall–Kier alpha value is -3.16. The Kier molecular flexibility index (Phi) is 6.34. The summed E-state index contributed by atoms with van der Waals surface area (Å²) in [6.45, 7) is 4.54. The molecule has 4 rings (SSSR count). The first-order valence-electron chi connectivity index (χ1n) is 11.0. The lowest BCUT2D eigenvalue weighted by Gasteiger charge is -2.15. The van der Waals surface area contributed by atoms with Gasteiger partial charge in [0.25, 0.3) is 0 Å². The van der Waals surface area contributed by atoms with Gasteiger partial charge in [0.15, 0.2) is 0 Å². The summed E-state index contributed by atoms with van der Waals surface area (Å²) in [6, 6.07) is 7.68. The van der Waals surface area contributed by atoms with Crippen molar-refractivity contribution in [1.82, 2.24) is 24.5 Å². The second-order valence-corrected chi connectivity index (χ2v) is 8.27. The van der Waals surface area contributed by atoms with E-state index in [-0.39, 0.29) is 23.0 Å². The van der Waals surface area contributed by atoms with Crippen molar-refractivity contribution in [2.45, 2.75) is 58.4 Å². The number of nitrogens with zero attached hydrogens (tertiary/aromatic N) is 4. The maximum Gasteiger partial charge on any atom is 0.300 e. The number of carbonyl (C=O) groups excluding carboxylic acids is 1. The van der Waals surface area contributed by atoms with Gasteiger partial charge in [-0.05, 0) is 49.9 Å². The third kappa shape index (κ3) is 4.78. The van der Waals surface area contributed by atoms with Crippen LogP contribution in [0.3, 0.4) is 0 Å². The molecule has 0 bridgehead atoms. The number of benzene rings is 1. The second kappa shape index (κ2) is 9.32. The van der Waals surface area contributed by atoms with Crippen LogP contribution >= 0.6 is 0 Å². The fourth-order valence-corrected chi connectivity index (χ4v) is 4.20. The lowest BCUT2D eigenvalue weighted by Crippen LogP contribution is -2.33. The van der Waals surface area contributed by atoms with E-state index in [0.29, 0.717) is 31.3 Å². The van der Waals surface area contributed by atoms with E-state index in [0.717, 1.165) is 24.3 Å². The number of rotatable bonds is 8. The van der Waals surface area contributed by atoms with Gasteiger partial charge in [-0.25, -0.2) is 0 Å². The number of hydrogen-bond acceptors (Lipinski definition) is 5. The summed E-state index contributed by atoms with van der Waals surface area (Å²) in [5.41, 5.74) is 0.767. The van der Waals surface area contributed by atoms with Gasteiger partial charge in [-0.3, -0.25) is 18.6 Å². The van der Waals surface area contributed by atoms with Crippen LogP contribution < -0.4 is 15.6 Å². The molecular weight excluding hydrogens is 394 g/mol. The molecule has 0 unspecified atom stereocenters. The first-order chi connectivity index (χ1) is 15.0. The van der Waals surface area contributed by atoms with Gasteiger partial charge in [-0.1, -0.05) is 19.8 Å². The summed E-state index contributed by atoms with van der Waals surface area (Å²) in [4.78, 5) is 25.3. The number of aromatic nitrogens is 4. The fraction of sp³-hybridized carbons (Fsp3) is 0.478. The number of hydrogen-bond donors (Lipinski definition) is 1. The van der Waals surface area contributed by atoms with Crippen LogP contribution in [0.4, 0.5) is 0 Å². The van der Waals surface area contributed by atoms with Crippen molar-refractivity contribution >= 4 is 11.6 Å². The van der Waals surface area contributed by atoms with E-state index in [1.54, 1.807) is 21.4 Å². The van der Waals surface area contributed by atoms with E-state index in [1.165, 1.54) is 12.8 Å². The minimum absolute atomic E-state index is 0.0890. The summed E-state index contributed by atoms with van der Waals surface area (Å²) >= 11 is 0. The molecule has 1 fully saturated rings. The van der Waals surface area contributed by atoms with Crippen molar-refractivity contribution in [2.75, 3.05) is 6.61 Å². The molecular formula is C23H29N5O3. The zero-order valence-electron chi connectivity index (χ0n) is 18.1. The van der Waals surface area contributed by atoms with E-state index >= 15 is 0 Å². The highest BCUT2D eigenvalue weighted by Crippen LogP contribution is 2.19. The topological polar surface area (TPSA) is 90.5 Å². The maximum atomic E-state index is 13.0. The molecule has 3 aromatic rings. The summed E-state index contributed by atoms with van der Waals surface area (Å²) in [5, 5.41) is 11.5. The lowest BCUT2D eigenvalue weighted by molar-refractivity contribution is -0.122. The van der Waals surface area contributed by atoms with E-state index in [4.69, 9.17) is 4.74 Å². The van der Waals surface area contributed by atoms with E-state index < -0.39 is 0 Å². The highest BCUT2D eigenvalue weighted by Gasteiger charge is 2.20. The predicted octanol–water partition coefficient (Wildman–Crippen LogP) is 2.91. The molecule has 1 amide bonds. The van der Waals surface area contributed by atoms with Crippen LogP contribution in [-0.4, -0.2) is 37.7 Å². The average Bonchev–Trinajstić information content (AvgIpc) is 3.40. The minimum atomic E-state index is -0.239. The number of carbonyl (C=O) groups is 1. The molecule has 0 aliphatic heterocycles. The Balaban J connectivity index is 1.47. The van der Waals surface area contributed by atoms with Crippen molar-refractivity contribution in [3.8, 4) is 11.4 Å².